The van der Waals surface area contributed by atoms with E-state index in [1.54, 1.807) is 30.3 Å². The Bertz CT molecular complexity index is 772. The monoisotopic (exact) mass is 377 g/mol. The standard InChI is InChI=1S/C21H26F3N3/c1-20(2)9-11-27(12-10-20)17-7-8-19(18(13-17)21(22,23)24)26-16-5-3-15(14-25)4-6-16/h3-8,13,26H,9-12,14,25H2,1-2H3. The largest absolute Gasteiger partial charge is 0.418 e. The molecule has 1 heterocycles. The molecule has 3 rings (SSSR count). The minimum absolute atomic E-state index is 0.0593. The molecule has 2 aromatic rings. The summed E-state index contributed by atoms with van der Waals surface area (Å²) in [6.45, 7) is 6.35. The highest BCUT2D eigenvalue weighted by Gasteiger charge is 2.35. The first-order valence-electron chi connectivity index (χ1n) is 9.20. The predicted octanol–water partition coefficient (Wildman–Crippen LogP) is 5.53. The van der Waals surface area contributed by atoms with Crippen LogP contribution in [0.1, 0.15) is 37.8 Å². The van der Waals surface area contributed by atoms with E-state index >= 15 is 0 Å². The number of rotatable bonds is 4. The lowest BCUT2D eigenvalue weighted by Crippen LogP contribution is -2.37. The Morgan fingerprint density at radius 3 is 2.22 bits per heavy atom. The van der Waals surface area contributed by atoms with E-state index in [0.717, 1.165) is 31.5 Å². The van der Waals surface area contributed by atoms with Gasteiger partial charge in [-0.05, 0) is 54.2 Å². The van der Waals surface area contributed by atoms with Crippen LogP contribution in [-0.4, -0.2) is 13.1 Å². The van der Waals surface area contributed by atoms with Crippen molar-refractivity contribution in [2.75, 3.05) is 23.3 Å². The highest BCUT2D eigenvalue weighted by Crippen LogP contribution is 2.40. The smallest absolute Gasteiger partial charge is 0.371 e. The molecule has 1 saturated heterocycles. The van der Waals surface area contributed by atoms with Crippen LogP contribution >= 0.6 is 0 Å². The van der Waals surface area contributed by atoms with E-state index < -0.39 is 11.7 Å². The first-order chi connectivity index (χ1) is 12.7. The van der Waals surface area contributed by atoms with Crippen LogP contribution in [0.3, 0.4) is 0 Å². The fraction of sp³-hybridized carbons (Fsp3) is 0.429. The number of nitrogens with zero attached hydrogens (tertiary/aromatic N) is 1. The Morgan fingerprint density at radius 2 is 1.67 bits per heavy atom. The Kier molecular flexibility index (Phi) is 5.38. The van der Waals surface area contributed by atoms with Gasteiger partial charge in [-0.2, -0.15) is 13.2 Å². The Hall–Kier alpha value is -2.21. The van der Waals surface area contributed by atoms with Crippen LogP contribution in [0.25, 0.3) is 0 Å². The average Bonchev–Trinajstić information content (AvgIpc) is 2.62. The maximum absolute atomic E-state index is 13.7. The lowest BCUT2D eigenvalue weighted by Gasteiger charge is -2.38. The molecule has 1 fully saturated rings. The molecule has 3 nitrogen and oxygen atoms in total. The molecule has 1 aliphatic rings. The fourth-order valence-electron chi connectivity index (χ4n) is 3.32. The van der Waals surface area contributed by atoms with Gasteiger partial charge < -0.3 is 16.0 Å². The molecule has 146 valence electrons. The number of hydrogen-bond acceptors (Lipinski definition) is 3. The van der Waals surface area contributed by atoms with E-state index in [1.807, 2.05) is 4.90 Å². The second kappa shape index (κ2) is 7.43. The van der Waals surface area contributed by atoms with Gasteiger partial charge in [0.25, 0.3) is 0 Å². The van der Waals surface area contributed by atoms with Crippen molar-refractivity contribution < 1.29 is 13.2 Å². The van der Waals surface area contributed by atoms with Gasteiger partial charge in [-0.15, -0.1) is 0 Å². The fourth-order valence-corrected chi connectivity index (χ4v) is 3.32. The van der Waals surface area contributed by atoms with Crippen LogP contribution in [0.15, 0.2) is 42.5 Å². The van der Waals surface area contributed by atoms with E-state index in [-0.39, 0.29) is 11.1 Å². The number of halogens is 3. The number of piperidine rings is 1. The molecule has 0 amide bonds. The minimum atomic E-state index is -4.43. The number of alkyl halides is 3. The zero-order valence-electron chi connectivity index (χ0n) is 15.7. The summed E-state index contributed by atoms with van der Waals surface area (Å²) in [5.74, 6) is 0. The van der Waals surface area contributed by atoms with Gasteiger partial charge in [-0.25, -0.2) is 0 Å². The van der Waals surface area contributed by atoms with Gasteiger partial charge in [0, 0.05) is 31.0 Å². The molecule has 2 aromatic carbocycles. The van der Waals surface area contributed by atoms with Crippen LogP contribution in [0.4, 0.5) is 30.2 Å². The van der Waals surface area contributed by atoms with Crippen molar-refractivity contribution in [2.45, 2.75) is 39.4 Å². The third-order valence-corrected chi connectivity index (χ3v) is 5.26. The van der Waals surface area contributed by atoms with Crippen molar-refractivity contribution in [1.82, 2.24) is 0 Å². The van der Waals surface area contributed by atoms with Crippen LogP contribution in [-0.2, 0) is 12.7 Å². The van der Waals surface area contributed by atoms with Crippen LogP contribution < -0.4 is 16.0 Å². The van der Waals surface area contributed by atoms with E-state index in [4.69, 9.17) is 5.73 Å². The molecule has 27 heavy (non-hydrogen) atoms. The maximum atomic E-state index is 13.7. The molecule has 0 atom stereocenters. The van der Waals surface area contributed by atoms with E-state index in [0.29, 0.717) is 17.9 Å². The normalized spacial score (nSPS) is 17.0. The number of nitrogens with one attached hydrogen (secondary N) is 1. The van der Waals surface area contributed by atoms with Gasteiger partial charge in [0.05, 0.1) is 11.3 Å². The maximum Gasteiger partial charge on any atom is 0.418 e. The van der Waals surface area contributed by atoms with Crippen molar-refractivity contribution in [3.8, 4) is 0 Å². The second-order valence-corrected chi connectivity index (χ2v) is 7.90. The summed E-state index contributed by atoms with van der Waals surface area (Å²) in [6.07, 6.45) is -2.48. The van der Waals surface area contributed by atoms with Gasteiger partial charge in [0.1, 0.15) is 0 Å². The van der Waals surface area contributed by atoms with Crippen LogP contribution in [0.2, 0.25) is 0 Å². The summed E-state index contributed by atoms with van der Waals surface area (Å²) in [5, 5.41) is 2.89. The molecule has 6 heteroatoms. The van der Waals surface area contributed by atoms with Crippen molar-refractivity contribution in [3.05, 3.63) is 53.6 Å². The van der Waals surface area contributed by atoms with Crippen LogP contribution in [0, 0.1) is 5.41 Å². The third-order valence-electron chi connectivity index (χ3n) is 5.26. The summed E-state index contributed by atoms with van der Waals surface area (Å²) in [7, 11) is 0. The Morgan fingerprint density at radius 1 is 1.04 bits per heavy atom. The average molecular weight is 377 g/mol. The van der Waals surface area contributed by atoms with Gasteiger partial charge in [-0.1, -0.05) is 26.0 Å². The minimum Gasteiger partial charge on any atom is -0.371 e. The van der Waals surface area contributed by atoms with Crippen molar-refractivity contribution >= 4 is 17.1 Å². The third kappa shape index (κ3) is 4.75. The Balaban J connectivity index is 1.86. The van der Waals surface area contributed by atoms with Crippen molar-refractivity contribution in [3.63, 3.8) is 0 Å². The molecule has 0 aliphatic carbocycles. The lowest BCUT2D eigenvalue weighted by molar-refractivity contribution is -0.136. The summed E-state index contributed by atoms with van der Waals surface area (Å²) in [5.41, 5.74) is 7.39. The highest BCUT2D eigenvalue weighted by molar-refractivity contribution is 5.68. The lowest BCUT2D eigenvalue weighted by atomic mass is 9.82. The van der Waals surface area contributed by atoms with Crippen LogP contribution in [0.5, 0.6) is 0 Å². The first-order valence-corrected chi connectivity index (χ1v) is 9.20. The van der Waals surface area contributed by atoms with E-state index in [2.05, 4.69) is 19.2 Å². The quantitative estimate of drug-likeness (QED) is 0.736. The predicted molar refractivity (Wildman–Crippen MR) is 104 cm³/mol. The first kappa shape index (κ1) is 19.5. The molecular formula is C21H26F3N3. The number of hydrogen-bond donors (Lipinski definition) is 2. The second-order valence-electron chi connectivity index (χ2n) is 7.90. The van der Waals surface area contributed by atoms with Crippen molar-refractivity contribution in [2.24, 2.45) is 11.1 Å². The zero-order valence-corrected chi connectivity index (χ0v) is 15.7. The number of anilines is 3. The topological polar surface area (TPSA) is 41.3 Å². The van der Waals surface area contributed by atoms with Crippen molar-refractivity contribution in [1.29, 1.82) is 0 Å². The summed E-state index contributed by atoms with van der Waals surface area (Å²) in [6, 6.07) is 11.6. The molecule has 0 radical (unpaired) electrons. The van der Waals surface area contributed by atoms with Gasteiger partial charge in [0.2, 0.25) is 0 Å². The molecule has 1 aliphatic heterocycles. The SMILES string of the molecule is CC1(C)CCN(c2ccc(Nc3ccc(CN)cc3)c(C(F)(F)F)c2)CC1. The van der Waals surface area contributed by atoms with Gasteiger partial charge in [-0.3, -0.25) is 0 Å². The molecule has 0 spiro atoms. The highest BCUT2D eigenvalue weighted by atomic mass is 19.4. The van der Waals surface area contributed by atoms with E-state index in [1.165, 1.54) is 12.1 Å². The molecule has 0 saturated carbocycles. The summed E-state index contributed by atoms with van der Waals surface area (Å²) < 4.78 is 41.0. The molecule has 3 N–H and O–H groups in total. The Labute approximate surface area is 158 Å². The number of nitrogens with two attached hydrogens (primary N) is 1. The number of benzene rings is 2. The van der Waals surface area contributed by atoms with Gasteiger partial charge in [0.15, 0.2) is 0 Å². The molecule has 0 aromatic heterocycles. The molecular weight excluding hydrogens is 351 g/mol. The van der Waals surface area contributed by atoms with Gasteiger partial charge >= 0.3 is 6.18 Å². The molecule has 0 bridgehead atoms. The summed E-state index contributed by atoms with van der Waals surface area (Å²) in [4.78, 5) is 2.04. The zero-order chi connectivity index (χ0) is 19.7. The summed E-state index contributed by atoms with van der Waals surface area (Å²) >= 11 is 0. The van der Waals surface area contributed by atoms with E-state index in [9.17, 15) is 13.2 Å². The molecule has 0 unspecified atom stereocenters.